The third-order valence-electron chi connectivity index (χ3n) is 4.35. The van der Waals surface area contributed by atoms with Crippen LogP contribution in [0.3, 0.4) is 0 Å². The van der Waals surface area contributed by atoms with Crippen molar-refractivity contribution in [3.8, 4) is 0 Å². The molecule has 5 heteroatoms. The first-order chi connectivity index (χ1) is 8.74. The van der Waals surface area contributed by atoms with E-state index >= 15 is 0 Å². The molecule has 2 atom stereocenters. The van der Waals surface area contributed by atoms with Gasteiger partial charge in [0.15, 0.2) is 0 Å². The second-order valence-corrected chi connectivity index (χ2v) is 6.60. The molecule has 2 fully saturated rings. The molecule has 0 amide bonds. The molecular weight excluding hydrogens is 339 g/mol. The van der Waals surface area contributed by atoms with Crippen molar-refractivity contribution in [3.63, 3.8) is 0 Å². The largest absolute Gasteiger partial charge is 0.366 e. The van der Waals surface area contributed by atoms with Crippen LogP contribution in [0, 0.1) is 3.57 Å². The number of aromatic nitrogens is 2. The highest BCUT2D eigenvalue weighted by Crippen LogP contribution is 2.33. The van der Waals surface area contributed by atoms with Crippen molar-refractivity contribution < 1.29 is 0 Å². The molecule has 0 aliphatic carbocycles. The van der Waals surface area contributed by atoms with Crippen LogP contribution >= 0.6 is 22.6 Å². The van der Waals surface area contributed by atoms with E-state index in [4.69, 9.17) is 0 Å². The molecule has 1 N–H and O–H groups in total. The average molecular weight is 358 g/mol. The van der Waals surface area contributed by atoms with Gasteiger partial charge in [-0.3, -0.25) is 0 Å². The fourth-order valence-electron chi connectivity index (χ4n) is 3.35. The first kappa shape index (κ1) is 12.6. The highest BCUT2D eigenvalue weighted by molar-refractivity contribution is 14.1. The van der Waals surface area contributed by atoms with E-state index in [0.29, 0.717) is 6.04 Å². The van der Waals surface area contributed by atoms with Gasteiger partial charge >= 0.3 is 0 Å². The molecule has 2 unspecified atom stereocenters. The summed E-state index contributed by atoms with van der Waals surface area (Å²) in [6, 6.07) is 2.09. The lowest BCUT2D eigenvalue weighted by atomic mass is 9.82. The highest BCUT2D eigenvalue weighted by Gasteiger charge is 2.36. The van der Waals surface area contributed by atoms with Gasteiger partial charge in [0.2, 0.25) is 0 Å². The molecule has 3 heterocycles. The number of hydrogen-bond acceptors (Lipinski definition) is 4. The molecule has 1 aromatic heterocycles. The SMILES string of the molecule is CN1C2CCCC1CC(Nc1ncncc1I)C2. The fourth-order valence-corrected chi connectivity index (χ4v) is 3.80. The zero-order chi connectivity index (χ0) is 12.5. The average Bonchev–Trinajstić information content (AvgIpc) is 2.33. The van der Waals surface area contributed by atoms with Crippen LogP contribution in [0.4, 0.5) is 5.82 Å². The Morgan fingerprint density at radius 1 is 1.33 bits per heavy atom. The van der Waals surface area contributed by atoms with Crippen LogP contribution in [-0.2, 0) is 0 Å². The molecule has 98 valence electrons. The first-order valence-corrected chi connectivity index (χ1v) is 7.76. The number of nitrogens with zero attached hydrogens (tertiary/aromatic N) is 3. The van der Waals surface area contributed by atoms with Crippen LogP contribution in [0.5, 0.6) is 0 Å². The van der Waals surface area contributed by atoms with E-state index in [9.17, 15) is 0 Å². The van der Waals surface area contributed by atoms with Gasteiger partial charge < -0.3 is 10.2 Å². The van der Waals surface area contributed by atoms with E-state index < -0.39 is 0 Å². The van der Waals surface area contributed by atoms with Crippen LogP contribution in [0.2, 0.25) is 0 Å². The minimum absolute atomic E-state index is 0.569. The summed E-state index contributed by atoms with van der Waals surface area (Å²) in [6.07, 6.45) is 10.1. The van der Waals surface area contributed by atoms with Crippen molar-refractivity contribution >= 4 is 28.4 Å². The molecular formula is C13H19IN4. The fraction of sp³-hybridized carbons (Fsp3) is 0.692. The Morgan fingerprint density at radius 2 is 2.06 bits per heavy atom. The second kappa shape index (κ2) is 5.28. The quantitative estimate of drug-likeness (QED) is 0.825. The summed E-state index contributed by atoms with van der Waals surface area (Å²) in [5, 5.41) is 3.61. The number of nitrogens with one attached hydrogen (secondary N) is 1. The number of hydrogen-bond donors (Lipinski definition) is 1. The zero-order valence-electron chi connectivity index (χ0n) is 10.6. The van der Waals surface area contributed by atoms with Crippen molar-refractivity contribution in [1.82, 2.24) is 14.9 Å². The molecule has 3 rings (SSSR count). The summed E-state index contributed by atoms with van der Waals surface area (Å²) in [6.45, 7) is 0. The lowest BCUT2D eigenvalue weighted by Gasteiger charge is -2.47. The van der Waals surface area contributed by atoms with Gasteiger partial charge in [0.1, 0.15) is 12.1 Å². The van der Waals surface area contributed by atoms with Crippen LogP contribution in [0.15, 0.2) is 12.5 Å². The topological polar surface area (TPSA) is 41.0 Å². The summed E-state index contributed by atoms with van der Waals surface area (Å²) in [7, 11) is 2.29. The first-order valence-electron chi connectivity index (χ1n) is 6.68. The Bertz CT molecular complexity index is 411. The molecule has 0 aromatic carbocycles. The predicted molar refractivity (Wildman–Crippen MR) is 80.6 cm³/mol. The maximum absolute atomic E-state index is 4.34. The minimum Gasteiger partial charge on any atom is -0.366 e. The van der Waals surface area contributed by atoms with Crippen molar-refractivity contribution in [2.75, 3.05) is 12.4 Å². The number of fused-ring (bicyclic) bond motifs is 2. The molecule has 1 aromatic rings. The summed E-state index contributed by atoms with van der Waals surface area (Å²) in [5.74, 6) is 0.998. The Morgan fingerprint density at radius 3 is 2.72 bits per heavy atom. The van der Waals surface area contributed by atoms with E-state index in [1.165, 1.54) is 32.1 Å². The minimum atomic E-state index is 0.569. The smallest absolute Gasteiger partial charge is 0.143 e. The predicted octanol–water partition coefficient (Wildman–Crippen LogP) is 2.51. The van der Waals surface area contributed by atoms with Gasteiger partial charge in [-0.15, -0.1) is 0 Å². The van der Waals surface area contributed by atoms with Crippen LogP contribution < -0.4 is 5.32 Å². The normalized spacial score (nSPS) is 32.2. The molecule has 2 aliphatic rings. The van der Waals surface area contributed by atoms with E-state index in [-0.39, 0.29) is 0 Å². The third-order valence-corrected chi connectivity index (χ3v) is 5.14. The molecule has 0 saturated carbocycles. The van der Waals surface area contributed by atoms with Crippen LogP contribution in [0.1, 0.15) is 32.1 Å². The standard InChI is InChI=1S/C13H19IN4/c1-18-10-3-2-4-11(18)6-9(5-10)17-13-12(14)7-15-8-16-13/h7-11H,2-6H2,1H3,(H,15,16,17). The Balaban J connectivity index is 1.70. The van der Waals surface area contributed by atoms with Crippen molar-refractivity contribution in [1.29, 1.82) is 0 Å². The highest BCUT2D eigenvalue weighted by atomic mass is 127. The molecule has 0 spiro atoms. The lowest BCUT2D eigenvalue weighted by molar-refractivity contribution is 0.0607. The third kappa shape index (κ3) is 2.47. The van der Waals surface area contributed by atoms with Crippen molar-refractivity contribution in [2.45, 2.75) is 50.2 Å². The summed E-state index contributed by atoms with van der Waals surface area (Å²) in [4.78, 5) is 11.0. The lowest BCUT2D eigenvalue weighted by Crippen LogP contribution is -2.52. The molecule has 0 radical (unpaired) electrons. The second-order valence-electron chi connectivity index (χ2n) is 5.44. The van der Waals surface area contributed by atoms with Crippen LogP contribution in [0.25, 0.3) is 0 Å². The van der Waals surface area contributed by atoms with Crippen molar-refractivity contribution in [3.05, 3.63) is 16.1 Å². The summed E-state index contributed by atoms with van der Waals surface area (Å²) in [5.41, 5.74) is 0. The van der Waals surface area contributed by atoms with Gasteiger partial charge in [-0.1, -0.05) is 6.42 Å². The molecule has 2 aliphatic heterocycles. The Kier molecular flexibility index (Phi) is 3.70. The van der Waals surface area contributed by atoms with E-state index in [2.05, 4.69) is 49.8 Å². The van der Waals surface area contributed by atoms with E-state index in [1.54, 1.807) is 6.33 Å². The molecule has 2 bridgehead atoms. The number of anilines is 1. The van der Waals surface area contributed by atoms with Gasteiger partial charge in [-0.25, -0.2) is 9.97 Å². The molecule has 4 nitrogen and oxygen atoms in total. The number of piperidine rings is 2. The molecule has 18 heavy (non-hydrogen) atoms. The van der Waals surface area contributed by atoms with E-state index in [1.807, 2.05) is 6.20 Å². The van der Waals surface area contributed by atoms with E-state index in [0.717, 1.165) is 21.5 Å². The Hall–Kier alpha value is -0.430. The zero-order valence-corrected chi connectivity index (χ0v) is 12.8. The molecule has 2 saturated heterocycles. The van der Waals surface area contributed by atoms with Gasteiger partial charge in [0.05, 0.1) is 3.57 Å². The summed E-state index contributed by atoms with van der Waals surface area (Å²) >= 11 is 2.30. The Labute approximate surface area is 122 Å². The van der Waals surface area contributed by atoms with Crippen molar-refractivity contribution in [2.24, 2.45) is 0 Å². The maximum Gasteiger partial charge on any atom is 0.143 e. The monoisotopic (exact) mass is 358 g/mol. The number of halogens is 1. The maximum atomic E-state index is 4.34. The van der Waals surface area contributed by atoms with Gasteiger partial charge in [-0.05, 0) is 55.3 Å². The van der Waals surface area contributed by atoms with Gasteiger partial charge in [0, 0.05) is 24.3 Å². The van der Waals surface area contributed by atoms with Gasteiger partial charge in [-0.2, -0.15) is 0 Å². The van der Waals surface area contributed by atoms with Crippen LogP contribution in [-0.4, -0.2) is 40.0 Å². The summed E-state index contributed by atoms with van der Waals surface area (Å²) < 4.78 is 1.11. The van der Waals surface area contributed by atoms with Gasteiger partial charge in [0.25, 0.3) is 0 Å². The number of rotatable bonds is 2.